The van der Waals surface area contributed by atoms with Gasteiger partial charge in [-0.1, -0.05) is 0 Å². The molecule has 0 saturated heterocycles. The molecule has 1 aromatic heterocycles. The van der Waals surface area contributed by atoms with Crippen molar-refractivity contribution in [1.82, 2.24) is 9.71 Å². The first-order valence-corrected chi connectivity index (χ1v) is 9.91. The Labute approximate surface area is 155 Å². The Hall–Kier alpha value is -1.97. The van der Waals surface area contributed by atoms with Gasteiger partial charge in [-0.25, -0.2) is 26.3 Å². The second kappa shape index (κ2) is 7.21. The average molecular weight is 400 g/mol. The summed E-state index contributed by atoms with van der Waals surface area (Å²) >= 11 is 0. The highest BCUT2D eigenvalue weighted by molar-refractivity contribution is 7.89. The predicted molar refractivity (Wildman–Crippen MR) is 92.7 cm³/mol. The summed E-state index contributed by atoms with van der Waals surface area (Å²) in [7, 11) is -3.98. The molecule has 2 aromatic rings. The molecular weight excluding hydrogens is 381 g/mol. The lowest BCUT2D eigenvalue weighted by Crippen LogP contribution is -2.42. The highest BCUT2D eigenvalue weighted by atomic mass is 32.2. The van der Waals surface area contributed by atoms with Crippen LogP contribution in [0.1, 0.15) is 32.6 Å². The molecule has 27 heavy (non-hydrogen) atoms. The lowest BCUT2D eigenvalue weighted by atomic mass is 9.84. The number of halogens is 3. The lowest BCUT2D eigenvalue weighted by Gasteiger charge is -2.33. The molecule has 1 heterocycles. The van der Waals surface area contributed by atoms with E-state index in [1.54, 1.807) is 6.92 Å². The topological polar surface area (TPSA) is 79.3 Å². The van der Waals surface area contributed by atoms with Crippen LogP contribution in [0.3, 0.4) is 0 Å². The molecule has 3 rings (SSSR count). The summed E-state index contributed by atoms with van der Waals surface area (Å²) in [4.78, 5) is 3.23. The molecule has 9 heteroatoms. The highest BCUT2D eigenvalue weighted by Gasteiger charge is 2.31. The van der Waals surface area contributed by atoms with Crippen molar-refractivity contribution in [2.75, 3.05) is 0 Å². The van der Waals surface area contributed by atoms with Gasteiger partial charge in [0.2, 0.25) is 10.0 Å². The van der Waals surface area contributed by atoms with Gasteiger partial charge in [0, 0.05) is 17.7 Å². The van der Waals surface area contributed by atoms with Crippen LogP contribution >= 0.6 is 0 Å². The van der Waals surface area contributed by atoms with Crippen LogP contribution in [0.2, 0.25) is 0 Å². The van der Waals surface area contributed by atoms with Crippen LogP contribution < -0.4 is 4.72 Å². The predicted octanol–water partition coefficient (Wildman–Crippen LogP) is 3.14. The van der Waals surface area contributed by atoms with Crippen LogP contribution in [0.4, 0.5) is 13.2 Å². The fourth-order valence-electron chi connectivity index (χ4n) is 3.11. The van der Waals surface area contributed by atoms with Gasteiger partial charge in [0.25, 0.3) is 0 Å². The number of hydrogen-bond donors (Lipinski definition) is 2. The third-order valence-corrected chi connectivity index (χ3v) is 6.22. The van der Waals surface area contributed by atoms with Crippen molar-refractivity contribution < 1.29 is 26.7 Å². The Kier molecular flexibility index (Phi) is 5.29. The molecule has 0 unspecified atom stereocenters. The standard InChI is InChI=1S/C18H19F3N2O3S/c1-18(24)6-4-12(5-7-18)23-27(25,26)13-2-3-14(15(20)9-13)17-16(21)8-11(19)10-22-17/h2-3,8-10,12,23-24H,4-7H2,1H3/t12-,18+. The molecule has 1 fully saturated rings. The number of aromatic nitrogens is 1. The molecule has 0 radical (unpaired) electrons. The summed E-state index contributed by atoms with van der Waals surface area (Å²) in [5.41, 5.74) is -1.47. The van der Waals surface area contributed by atoms with Crippen LogP contribution in [-0.2, 0) is 10.0 Å². The van der Waals surface area contributed by atoms with Gasteiger partial charge in [-0.3, -0.25) is 4.98 Å². The van der Waals surface area contributed by atoms with Crippen LogP contribution in [0, 0.1) is 17.5 Å². The van der Waals surface area contributed by atoms with E-state index in [0.29, 0.717) is 31.7 Å². The van der Waals surface area contributed by atoms with Gasteiger partial charge in [0.05, 0.1) is 16.7 Å². The molecule has 0 amide bonds. The first-order valence-electron chi connectivity index (χ1n) is 8.43. The molecular formula is C18H19F3N2O3S. The van der Waals surface area contributed by atoms with Crippen molar-refractivity contribution in [3.05, 3.63) is 47.9 Å². The Morgan fingerprint density at radius 2 is 1.81 bits per heavy atom. The average Bonchev–Trinajstić information content (AvgIpc) is 2.57. The first kappa shape index (κ1) is 19.8. The maximum absolute atomic E-state index is 14.4. The summed E-state index contributed by atoms with van der Waals surface area (Å²) in [6.45, 7) is 1.70. The monoisotopic (exact) mass is 400 g/mol. The SMILES string of the molecule is C[C@]1(O)CC[C@@H](NS(=O)(=O)c2ccc(-c3ncc(F)cc3F)c(F)c2)CC1. The number of sulfonamides is 1. The Morgan fingerprint density at radius 3 is 2.41 bits per heavy atom. The smallest absolute Gasteiger partial charge is 0.240 e. The molecule has 1 aliphatic carbocycles. The molecule has 0 bridgehead atoms. The van der Waals surface area contributed by atoms with Gasteiger partial charge in [-0.05, 0) is 50.8 Å². The third-order valence-electron chi connectivity index (χ3n) is 4.70. The molecule has 5 nitrogen and oxygen atoms in total. The molecule has 1 saturated carbocycles. The van der Waals surface area contributed by atoms with E-state index >= 15 is 0 Å². The van der Waals surface area contributed by atoms with Gasteiger partial charge >= 0.3 is 0 Å². The van der Waals surface area contributed by atoms with Crippen molar-refractivity contribution in [3.63, 3.8) is 0 Å². The number of nitrogens with one attached hydrogen (secondary N) is 1. The molecule has 1 aliphatic rings. The Bertz CT molecular complexity index is 954. The van der Waals surface area contributed by atoms with Crippen molar-refractivity contribution in [1.29, 1.82) is 0 Å². The first-order chi connectivity index (χ1) is 12.6. The molecule has 0 aliphatic heterocycles. The molecule has 0 atom stereocenters. The second-order valence-corrected chi connectivity index (χ2v) is 8.73. The van der Waals surface area contributed by atoms with Gasteiger partial charge in [0.1, 0.15) is 17.3 Å². The minimum Gasteiger partial charge on any atom is -0.390 e. The quantitative estimate of drug-likeness (QED) is 0.827. The van der Waals surface area contributed by atoms with Crippen LogP contribution in [0.25, 0.3) is 11.3 Å². The molecule has 0 spiro atoms. The number of pyridine rings is 1. The van der Waals surface area contributed by atoms with Crippen molar-refractivity contribution in [3.8, 4) is 11.3 Å². The van der Waals surface area contributed by atoms with Crippen LogP contribution in [-0.4, -0.2) is 30.2 Å². The normalized spacial score (nSPS) is 23.4. The minimum atomic E-state index is -3.98. The van der Waals surface area contributed by atoms with Gasteiger partial charge in [-0.15, -0.1) is 0 Å². The Morgan fingerprint density at radius 1 is 1.15 bits per heavy atom. The van der Waals surface area contributed by atoms with E-state index in [9.17, 15) is 26.7 Å². The van der Waals surface area contributed by atoms with Crippen molar-refractivity contribution in [2.24, 2.45) is 0 Å². The zero-order chi connectivity index (χ0) is 19.8. The van der Waals surface area contributed by atoms with E-state index < -0.39 is 38.8 Å². The summed E-state index contributed by atoms with van der Waals surface area (Å²) in [6.07, 6.45) is 2.61. The van der Waals surface area contributed by atoms with Crippen molar-refractivity contribution in [2.45, 2.75) is 49.1 Å². The van der Waals surface area contributed by atoms with Crippen LogP contribution in [0.15, 0.2) is 35.4 Å². The molecule has 146 valence electrons. The van der Waals surface area contributed by atoms with Crippen LogP contribution in [0.5, 0.6) is 0 Å². The summed E-state index contributed by atoms with van der Waals surface area (Å²) < 4.78 is 68.7. The van der Waals surface area contributed by atoms with E-state index in [4.69, 9.17) is 0 Å². The van der Waals surface area contributed by atoms with E-state index in [1.165, 1.54) is 0 Å². The van der Waals surface area contributed by atoms with E-state index in [0.717, 1.165) is 24.4 Å². The number of rotatable bonds is 4. The number of benzene rings is 1. The zero-order valence-electron chi connectivity index (χ0n) is 14.5. The number of hydrogen-bond acceptors (Lipinski definition) is 4. The largest absolute Gasteiger partial charge is 0.390 e. The number of nitrogens with zero attached hydrogens (tertiary/aromatic N) is 1. The van der Waals surface area contributed by atoms with E-state index in [1.807, 2.05) is 0 Å². The third kappa shape index (κ3) is 4.48. The Balaban J connectivity index is 1.82. The molecule has 2 N–H and O–H groups in total. The van der Waals surface area contributed by atoms with E-state index in [-0.39, 0.29) is 16.5 Å². The molecule has 1 aromatic carbocycles. The maximum atomic E-state index is 14.4. The summed E-state index contributed by atoms with van der Waals surface area (Å²) in [5.74, 6) is -2.93. The van der Waals surface area contributed by atoms with Crippen molar-refractivity contribution >= 4 is 10.0 Å². The van der Waals surface area contributed by atoms with Gasteiger partial charge in [0.15, 0.2) is 5.82 Å². The zero-order valence-corrected chi connectivity index (χ0v) is 15.4. The van der Waals surface area contributed by atoms with Gasteiger partial charge in [-0.2, -0.15) is 0 Å². The highest BCUT2D eigenvalue weighted by Crippen LogP contribution is 2.29. The lowest BCUT2D eigenvalue weighted by molar-refractivity contribution is 0.0163. The fourth-order valence-corrected chi connectivity index (χ4v) is 4.43. The fraction of sp³-hybridized carbons (Fsp3) is 0.389. The maximum Gasteiger partial charge on any atom is 0.240 e. The second-order valence-electron chi connectivity index (χ2n) is 7.02. The van der Waals surface area contributed by atoms with Gasteiger partial charge < -0.3 is 5.11 Å². The minimum absolute atomic E-state index is 0.264. The summed E-state index contributed by atoms with van der Waals surface area (Å²) in [6, 6.07) is 3.24. The van der Waals surface area contributed by atoms with E-state index in [2.05, 4.69) is 9.71 Å². The summed E-state index contributed by atoms with van der Waals surface area (Å²) in [5, 5.41) is 9.94. The number of aliphatic hydroxyl groups is 1.